The van der Waals surface area contributed by atoms with Crippen LogP contribution >= 0.6 is 0 Å². The zero-order valence-corrected chi connectivity index (χ0v) is 15.4. The Morgan fingerprint density at radius 2 is 1.89 bits per heavy atom. The van der Waals surface area contributed by atoms with Crippen LogP contribution in [0.5, 0.6) is 0 Å². The standard InChI is InChI=1S/C17H18FN3O5S/c1-12(17(22)19-11-13-6-8-14(18)9-7-13)20(27(2,25)26)15-4-3-5-16(10-15)21(23)24/h3-10,12H,11H2,1-2H3,(H,19,22)/t12-/m1/s1. The molecule has 0 aliphatic rings. The van der Waals surface area contributed by atoms with Gasteiger partial charge >= 0.3 is 0 Å². The number of nitro groups is 1. The number of carbonyl (C=O) groups excluding carboxylic acids is 1. The minimum absolute atomic E-state index is 0.0103. The van der Waals surface area contributed by atoms with Crippen molar-refractivity contribution in [2.45, 2.75) is 19.5 Å². The molecule has 144 valence electrons. The summed E-state index contributed by atoms with van der Waals surface area (Å²) in [5.74, 6) is -1.01. The average molecular weight is 395 g/mol. The van der Waals surface area contributed by atoms with E-state index in [1.165, 1.54) is 49.4 Å². The summed E-state index contributed by atoms with van der Waals surface area (Å²) in [5.41, 5.74) is 0.356. The molecule has 1 N–H and O–H groups in total. The summed E-state index contributed by atoms with van der Waals surface area (Å²) in [5, 5.41) is 13.5. The number of benzene rings is 2. The highest BCUT2D eigenvalue weighted by molar-refractivity contribution is 7.92. The van der Waals surface area contributed by atoms with Crippen LogP contribution in [0.1, 0.15) is 12.5 Å². The zero-order chi connectivity index (χ0) is 20.2. The minimum atomic E-state index is -3.89. The number of nitro benzene ring substituents is 1. The van der Waals surface area contributed by atoms with E-state index in [4.69, 9.17) is 0 Å². The van der Waals surface area contributed by atoms with E-state index >= 15 is 0 Å². The van der Waals surface area contributed by atoms with Crippen molar-refractivity contribution in [3.63, 3.8) is 0 Å². The Morgan fingerprint density at radius 3 is 2.44 bits per heavy atom. The molecule has 1 amide bonds. The molecule has 2 rings (SSSR count). The highest BCUT2D eigenvalue weighted by Gasteiger charge is 2.29. The molecule has 0 saturated heterocycles. The van der Waals surface area contributed by atoms with Crippen molar-refractivity contribution < 1.29 is 22.5 Å². The molecular weight excluding hydrogens is 377 g/mol. The van der Waals surface area contributed by atoms with Crippen molar-refractivity contribution in [2.75, 3.05) is 10.6 Å². The van der Waals surface area contributed by atoms with Gasteiger partial charge in [-0.05, 0) is 30.7 Å². The van der Waals surface area contributed by atoms with E-state index in [1.807, 2.05) is 0 Å². The molecule has 0 aliphatic heterocycles. The Labute approximate surface area is 155 Å². The summed E-state index contributed by atoms with van der Waals surface area (Å²) in [6, 6.07) is 9.36. The van der Waals surface area contributed by atoms with Crippen LogP contribution in [0, 0.1) is 15.9 Å². The smallest absolute Gasteiger partial charge is 0.271 e. The number of nitrogens with zero attached hydrogens (tertiary/aromatic N) is 2. The molecule has 0 saturated carbocycles. The lowest BCUT2D eigenvalue weighted by atomic mass is 10.2. The third-order valence-electron chi connectivity index (χ3n) is 3.76. The number of anilines is 1. The number of amides is 1. The molecule has 0 aliphatic carbocycles. The van der Waals surface area contributed by atoms with Crippen LogP contribution in [0.2, 0.25) is 0 Å². The van der Waals surface area contributed by atoms with E-state index in [9.17, 15) is 27.7 Å². The predicted octanol–water partition coefficient (Wildman–Crippen LogP) is 2.20. The van der Waals surface area contributed by atoms with Gasteiger partial charge in [-0.2, -0.15) is 0 Å². The Balaban J connectivity index is 2.23. The average Bonchev–Trinajstić information content (AvgIpc) is 2.60. The van der Waals surface area contributed by atoms with Gasteiger partial charge in [0.25, 0.3) is 5.69 Å². The molecule has 2 aromatic carbocycles. The van der Waals surface area contributed by atoms with Crippen LogP contribution in [0.4, 0.5) is 15.8 Å². The third-order valence-corrected chi connectivity index (χ3v) is 5.01. The molecule has 0 heterocycles. The SMILES string of the molecule is C[C@H](C(=O)NCc1ccc(F)cc1)N(c1cccc([N+](=O)[O-])c1)S(C)(=O)=O. The van der Waals surface area contributed by atoms with Gasteiger partial charge in [0.15, 0.2) is 0 Å². The van der Waals surface area contributed by atoms with E-state index in [1.54, 1.807) is 0 Å². The highest BCUT2D eigenvalue weighted by atomic mass is 32.2. The number of carbonyl (C=O) groups is 1. The van der Waals surface area contributed by atoms with Crippen LogP contribution < -0.4 is 9.62 Å². The van der Waals surface area contributed by atoms with Crippen LogP contribution in [0.15, 0.2) is 48.5 Å². The number of sulfonamides is 1. The summed E-state index contributed by atoms with van der Waals surface area (Å²) >= 11 is 0. The second-order valence-corrected chi connectivity index (χ2v) is 7.72. The Bertz CT molecular complexity index is 947. The molecule has 0 unspecified atom stereocenters. The van der Waals surface area contributed by atoms with Crippen LogP contribution in [-0.4, -0.2) is 31.5 Å². The quantitative estimate of drug-likeness (QED) is 0.571. The molecule has 10 heteroatoms. The molecule has 27 heavy (non-hydrogen) atoms. The number of rotatable bonds is 7. The molecule has 0 aromatic heterocycles. The summed E-state index contributed by atoms with van der Waals surface area (Å²) in [6.07, 6.45) is 0.912. The first-order valence-electron chi connectivity index (χ1n) is 7.85. The molecular formula is C17H18FN3O5S. The van der Waals surface area contributed by atoms with Gasteiger partial charge in [0.1, 0.15) is 11.9 Å². The van der Waals surface area contributed by atoms with E-state index in [-0.39, 0.29) is 17.9 Å². The maximum Gasteiger partial charge on any atom is 0.271 e. The highest BCUT2D eigenvalue weighted by Crippen LogP contribution is 2.25. The van der Waals surface area contributed by atoms with Gasteiger partial charge in [0.2, 0.25) is 15.9 Å². The van der Waals surface area contributed by atoms with Crippen molar-refractivity contribution in [2.24, 2.45) is 0 Å². The number of hydrogen-bond acceptors (Lipinski definition) is 5. The van der Waals surface area contributed by atoms with Crippen molar-refractivity contribution >= 4 is 27.3 Å². The van der Waals surface area contributed by atoms with E-state index < -0.39 is 32.7 Å². The van der Waals surface area contributed by atoms with Gasteiger partial charge in [-0.15, -0.1) is 0 Å². The normalized spacial score (nSPS) is 12.3. The number of non-ortho nitro benzene ring substituents is 1. The van der Waals surface area contributed by atoms with Crippen molar-refractivity contribution in [1.82, 2.24) is 5.32 Å². The van der Waals surface area contributed by atoms with Gasteiger partial charge in [-0.1, -0.05) is 18.2 Å². The third kappa shape index (κ3) is 5.23. The first kappa shape index (κ1) is 20.3. The lowest BCUT2D eigenvalue weighted by Crippen LogP contribution is -2.47. The maximum absolute atomic E-state index is 12.9. The second-order valence-electron chi connectivity index (χ2n) is 5.86. The van der Waals surface area contributed by atoms with E-state index in [0.717, 1.165) is 16.6 Å². The van der Waals surface area contributed by atoms with Gasteiger partial charge in [-0.3, -0.25) is 19.2 Å². The van der Waals surface area contributed by atoms with Gasteiger partial charge in [-0.25, -0.2) is 12.8 Å². The Morgan fingerprint density at radius 1 is 1.26 bits per heavy atom. The molecule has 8 nitrogen and oxygen atoms in total. The number of hydrogen-bond donors (Lipinski definition) is 1. The van der Waals surface area contributed by atoms with Crippen molar-refractivity contribution in [3.05, 3.63) is 70.0 Å². The van der Waals surface area contributed by atoms with E-state index in [2.05, 4.69) is 5.32 Å². The fraction of sp³-hybridized carbons (Fsp3) is 0.235. The minimum Gasteiger partial charge on any atom is -0.350 e. The van der Waals surface area contributed by atoms with Crippen LogP contribution in [0.3, 0.4) is 0 Å². The van der Waals surface area contributed by atoms with Crippen molar-refractivity contribution in [1.29, 1.82) is 0 Å². The lowest BCUT2D eigenvalue weighted by Gasteiger charge is -2.28. The fourth-order valence-electron chi connectivity index (χ4n) is 2.49. The van der Waals surface area contributed by atoms with Crippen LogP contribution in [-0.2, 0) is 21.4 Å². The molecule has 0 fully saturated rings. The second kappa shape index (κ2) is 8.12. The first-order valence-corrected chi connectivity index (χ1v) is 9.70. The van der Waals surface area contributed by atoms with Gasteiger partial charge in [0.05, 0.1) is 16.9 Å². The first-order chi connectivity index (χ1) is 12.6. The largest absolute Gasteiger partial charge is 0.350 e. The van der Waals surface area contributed by atoms with Crippen LogP contribution in [0.25, 0.3) is 0 Å². The predicted molar refractivity (Wildman–Crippen MR) is 98.1 cm³/mol. The Hall–Kier alpha value is -3.01. The Kier molecular flexibility index (Phi) is 6.11. The summed E-state index contributed by atoms with van der Waals surface area (Å²) in [6.45, 7) is 1.45. The molecule has 2 aromatic rings. The van der Waals surface area contributed by atoms with Gasteiger partial charge in [0, 0.05) is 18.7 Å². The molecule has 0 spiro atoms. The number of halogens is 1. The maximum atomic E-state index is 12.9. The van der Waals surface area contributed by atoms with Crippen molar-refractivity contribution in [3.8, 4) is 0 Å². The van der Waals surface area contributed by atoms with E-state index in [0.29, 0.717) is 5.56 Å². The summed E-state index contributed by atoms with van der Waals surface area (Å²) in [4.78, 5) is 22.7. The molecule has 0 radical (unpaired) electrons. The molecule has 0 bridgehead atoms. The lowest BCUT2D eigenvalue weighted by molar-refractivity contribution is -0.384. The molecule has 1 atom stereocenters. The zero-order valence-electron chi connectivity index (χ0n) is 14.6. The summed E-state index contributed by atoms with van der Waals surface area (Å²) in [7, 11) is -3.89. The number of nitrogens with one attached hydrogen (secondary N) is 1. The topological polar surface area (TPSA) is 110 Å². The van der Waals surface area contributed by atoms with Gasteiger partial charge < -0.3 is 5.32 Å². The fourth-order valence-corrected chi connectivity index (χ4v) is 3.66. The summed E-state index contributed by atoms with van der Waals surface area (Å²) < 4.78 is 38.1. The monoisotopic (exact) mass is 395 g/mol.